The second kappa shape index (κ2) is 12.3. The van der Waals surface area contributed by atoms with E-state index in [-0.39, 0.29) is 32.8 Å². The molecule has 0 saturated carbocycles. The van der Waals surface area contributed by atoms with Crippen molar-refractivity contribution < 1.29 is 38.2 Å². The summed E-state index contributed by atoms with van der Waals surface area (Å²) in [6, 6.07) is 15.6. The molecule has 3 N–H and O–H groups in total. The first kappa shape index (κ1) is 28.8. The zero-order chi connectivity index (χ0) is 29.0. The third-order valence-electron chi connectivity index (χ3n) is 5.25. The fraction of sp³-hybridized carbons (Fsp3) is 0. The number of hydrogen-bond donors (Lipinski definition) is 3. The second-order valence-electron chi connectivity index (χ2n) is 7.87. The highest BCUT2D eigenvalue weighted by Gasteiger charge is 2.22. The van der Waals surface area contributed by atoms with Crippen LogP contribution in [0.2, 0.25) is 10.0 Å². The minimum absolute atomic E-state index is 0.00320. The number of benzene rings is 2. The Labute approximate surface area is 245 Å². The lowest BCUT2D eigenvalue weighted by Gasteiger charge is -2.02. The van der Waals surface area contributed by atoms with Crippen LogP contribution in [0.4, 0.5) is 0 Å². The molecule has 1 aliphatic heterocycles. The minimum Gasteiger partial charge on any atom is -0.478 e. The number of halogens is 2. The predicted molar refractivity (Wildman–Crippen MR) is 154 cm³/mol. The third kappa shape index (κ3) is 6.69. The van der Waals surface area contributed by atoms with E-state index in [1.54, 1.807) is 36.4 Å². The SMILES string of the molecule is O=C1NC(=S)S/C1=C\c1ccc(-c2ccc(Cl)c(C(=O)O)c2)o1.O=Cc1ccc(-c2ccc(Cl)c(C(=O)O)c2)o1. The van der Waals surface area contributed by atoms with E-state index >= 15 is 0 Å². The molecule has 40 heavy (non-hydrogen) atoms. The molecule has 0 unspecified atom stereocenters. The number of aldehydes is 1. The van der Waals surface area contributed by atoms with Crippen LogP contribution in [0.3, 0.4) is 0 Å². The summed E-state index contributed by atoms with van der Waals surface area (Å²) in [5.74, 6) is -0.941. The molecule has 1 aliphatic rings. The number of carbonyl (C=O) groups excluding carboxylic acids is 2. The number of amides is 1. The molecule has 1 saturated heterocycles. The normalized spacial score (nSPS) is 13.5. The Morgan fingerprint density at radius 1 is 0.825 bits per heavy atom. The molecule has 2 aromatic heterocycles. The first-order chi connectivity index (χ1) is 19.0. The first-order valence-electron chi connectivity index (χ1n) is 11.0. The molecule has 4 aromatic rings. The lowest BCUT2D eigenvalue weighted by molar-refractivity contribution is -0.115. The maximum Gasteiger partial charge on any atom is 0.337 e. The lowest BCUT2D eigenvalue weighted by atomic mass is 10.1. The fourth-order valence-corrected chi connectivity index (χ4v) is 4.81. The van der Waals surface area contributed by atoms with Gasteiger partial charge in [0.1, 0.15) is 21.6 Å². The van der Waals surface area contributed by atoms with Crippen LogP contribution >= 0.6 is 47.2 Å². The van der Waals surface area contributed by atoms with Gasteiger partial charge in [0.05, 0.1) is 26.1 Å². The average Bonchev–Trinajstić information content (AvgIpc) is 3.65. The Morgan fingerprint density at radius 2 is 1.32 bits per heavy atom. The fourth-order valence-electron chi connectivity index (χ4n) is 3.39. The standard InChI is InChI=1S/C15H8ClNO4S2.C12H7ClO4/c16-10-3-1-7(5-9(10)14(19)20)11-4-2-8(21-11)6-12-13(18)17-15(22)23-12;13-10-3-1-7(5-9(10)12(15)16)11-4-2-8(6-14)17-11/h1-6H,(H,19,20)(H,17,18,22);1-6H,(H,15,16)/b12-6-;. The number of carbonyl (C=O) groups is 4. The quantitative estimate of drug-likeness (QED) is 0.119. The van der Waals surface area contributed by atoms with Crippen LogP contribution < -0.4 is 5.32 Å². The van der Waals surface area contributed by atoms with Gasteiger partial charge in [0.25, 0.3) is 5.91 Å². The Hall–Kier alpha value is -4.16. The number of hydrogen-bond acceptors (Lipinski definition) is 8. The topological polar surface area (TPSA) is 147 Å². The van der Waals surface area contributed by atoms with Gasteiger partial charge in [0.2, 0.25) is 0 Å². The number of carboxylic acid groups (broad SMARTS) is 2. The number of nitrogens with one attached hydrogen (secondary N) is 1. The maximum absolute atomic E-state index is 11.6. The molecular weight excluding hydrogens is 601 g/mol. The van der Waals surface area contributed by atoms with Gasteiger partial charge in [-0.25, -0.2) is 9.59 Å². The van der Waals surface area contributed by atoms with Crippen molar-refractivity contribution in [3.63, 3.8) is 0 Å². The number of aromatic carboxylic acids is 2. The smallest absolute Gasteiger partial charge is 0.337 e. The molecular formula is C27H15Cl2NO8S2. The lowest BCUT2D eigenvalue weighted by Crippen LogP contribution is -2.17. The summed E-state index contributed by atoms with van der Waals surface area (Å²) in [7, 11) is 0. The molecule has 9 nitrogen and oxygen atoms in total. The minimum atomic E-state index is -1.11. The van der Waals surface area contributed by atoms with Gasteiger partial charge < -0.3 is 24.4 Å². The van der Waals surface area contributed by atoms with Gasteiger partial charge >= 0.3 is 11.9 Å². The first-order valence-corrected chi connectivity index (χ1v) is 13.0. The molecule has 5 rings (SSSR count). The molecule has 0 spiro atoms. The average molecular weight is 616 g/mol. The van der Waals surface area contributed by atoms with Crippen LogP contribution in [0.15, 0.2) is 74.4 Å². The van der Waals surface area contributed by atoms with Crippen molar-refractivity contribution in [3.05, 3.63) is 98.3 Å². The Morgan fingerprint density at radius 3 is 1.75 bits per heavy atom. The van der Waals surface area contributed by atoms with E-state index in [2.05, 4.69) is 5.32 Å². The van der Waals surface area contributed by atoms with E-state index in [9.17, 15) is 19.2 Å². The molecule has 0 atom stereocenters. The Kier molecular flexibility index (Phi) is 8.90. The predicted octanol–water partition coefficient (Wildman–Crippen LogP) is 6.90. The number of thioether (sulfide) groups is 1. The summed E-state index contributed by atoms with van der Waals surface area (Å²) in [6.45, 7) is 0. The van der Waals surface area contributed by atoms with Crippen molar-refractivity contribution in [3.8, 4) is 22.6 Å². The molecule has 13 heteroatoms. The molecule has 1 fully saturated rings. The number of furan rings is 2. The summed E-state index contributed by atoms with van der Waals surface area (Å²) in [6.07, 6.45) is 2.16. The van der Waals surface area contributed by atoms with Gasteiger partial charge in [-0.15, -0.1) is 0 Å². The van der Waals surface area contributed by atoms with E-state index in [1.165, 1.54) is 30.3 Å². The Balaban J connectivity index is 0.000000194. The molecule has 0 bridgehead atoms. The number of thiocarbonyl (C=S) groups is 1. The monoisotopic (exact) mass is 615 g/mol. The van der Waals surface area contributed by atoms with E-state index in [1.807, 2.05) is 0 Å². The van der Waals surface area contributed by atoms with Gasteiger partial charge in [0, 0.05) is 17.2 Å². The van der Waals surface area contributed by atoms with Crippen LogP contribution in [-0.2, 0) is 4.79 Å². The van der Waals surface area contributed by atoms with Crippen molar-refractivity contribution >= 4 is 81.7 Å². The van der Waals surface area contributed by atoms with Gasteiger partial charge in [-0.1, -0.05) is 47.2 Å². The molecule has 0 radical (unpaired) electrons. The zero-order valence-corrected chi connectivity index (χ0v) is 23.0. The molecule has 0 aliphatic carbocycles. The Bertz CT molecular complexity index is 1710. The molecule has 202 valence electrons. The third-order valence-corrected chi connectivity index (χ3v) is 7.07. The number of carboxylic acids is 2. The van der Waals surface area contributed by atoms with Gasteiger partial charge in [0.15, 0.2) is 12.0 Å². The zero-order valence-electron chi connectivity index (χ0n) is 19.8. The van der Waals surface area contributed by atoms with Gasteiger partial charge in [-0.05, 0) is 60.7 Å². The van der Waals surface area contributed by atoms with Crippen LogP contribution in [-0.4, -0.2) is 38.7 Å². The van der Waals surface area contributed by atoms with E-state index < -0.39 is 11.9 Å². The van der Waals surface area contributed by atoms with Crippen LogP contribution in [0.1, 0.15) is 37.0 Å². The maximum atomic E-state index is 11.6. The highest BCUT2D eigenvalue weighted by Crippen LogP contribution is 2.30. The van der Waals surface area contributed by atoms with Gasteiger partial charge in [-0.3, -0.25) is 9.59 Å². The van der Waals surface area contributed by atoms with Crippen molar-refractivity contribution in [2.45, 2.75) is 0 Å². The summed E-state index contributed by atoms with van der Waals surface area (Å²) < 4.78 is 11.2. The number of rotatable bonds is 6. The summed E-state index contributed by atoms with van der Waals surface area (Å²) in [5, 5.41) is 20.8. The van der Waals surface area contributed by atoms with E-state index in [0.717, 1.165) is 11.8 Å². The van der Waals surface area contributed by atoms with Crippen molar-refractivity contribution in [1.29, 1.82) is 0 Å². The van der Waals surface area contributed by atoms with Crippen LogP contribution in [0, 0.1) is 0 Å². The van der Waals surface area contributed by atoms with E-state index in [0.29, 0.717) is 43.9 Å². The largest absolute Gasteiger partial charge is 0.478 e. The summed E-state index contributed by atoms with van der Waals surface area (Å²) >= 11 is 17.7. The summed E-state index contributed by atoms with van der Waals surface area (Å²) in [5.41, 5.74) is 1.13. The van der Waals surface area contributed by atoms with E-state index in [4.69, 9.17) is 54.5 Å². The van der Waals surface area contributed by atoms with Crippen molar-refractivity contribution in [2.75, 3.05) is 0 Å². The van der Waals surface area contributed by atoms with Crippen LogP contribution in [0.25, 0.3) is 28.7 Å². The summed E-state index contributed by atoms with van der Waals surface area (Å²) in [4.78, 5) is 44.5. The molecule has 2 aromatic carbocycles. The second-order valence-corrected chi connectivity index (χ2v) is 10.4. The van der Waals surface area contributed by atoms with Crippen LogP contribution in [0.5, 0.6) is 0 Å². The highest BCUT2D eigenvalue weighted by atomic mass is 35.5. The molecule has 1 amide bonds. The highest BCUT2D eigenvalue weighted by molar-refractivity contribution is 8.26. The van der Waals surface area contributed by atoms with Crippen molar-refractivity contribution in [2.24, 2.45) is 0 Å². The van der Waals surface area contributed by atoms with Crippen molar-refractivity contribution in [1.82, 2.24) is 5.32 Å². The molecule has 3 heterocycles. The van der Waals surface area contributed by atoms with Gasteiger partial charge in [-0.2, -0.15) is 0 Å².